The molecule has 0 radical (unpaired) electrons. The predicted molar refractivity (Wildman–Crippen MR) is 88.1 cm³/mol. The third-order valence-electron chi connectivity index (χ3n) is 4.12. The summed E-state index contributed by atoms with van der Waals surface area (Å²) < 4.78 is 16.4. The molecule has 1 fully saturated rings. The van der Waals surface area contributed by atoms with Crippen molar-refractivity contribution >= 4 is 5.91 Å². The Kier molecular flexibility index (Phi) is 5.15. The molecule has 1 atom stereocenters. The lowest BCUT2D eigenvalue weighted by molar-refractivity contribution is 0.0848. The fourth-order valence-corrected chi connectivity index (χ4v) is 2.63. The molecule has 1 N–H and O–H groups in total. The topological polar surface area (TPSA) is 73.6 Å². The van der Waals surface area contributed by atoms with Crippen LogP contribution in [0.5, 0.6) is 5.75 Å². The van der Waals surface area contributed by atoms with Crippen LogP contribution in [0, 0.1) is 13.8 Å². The van der Waals surface area contributed by atoms with Gasteiger partial charge in [0.2, 0.25) is 0 Å². The molecule has 1 aromatic heterocycles. The highest BCUT2D eigenvalue weighted by atomic mass is 16.5. The van der Waals surface area contributed by atoms with Crippen LogP contribution in [-0.4, -0.2) is 30.3 Å². The van der Waals surface area contributed by atoms with E-state index in [1.165, 1.54) is 0 Å². The van der Waals surface area contributed by atoms with Crippen molar-refractivity contribution in [3.63, 3.8) is 0 Å². The zero-order valence-electron chi connectivity index (χ0n) is 14.0. The molecular formula is C18H22N2O4. The summed E-state index contributed by atoms with van der Waals surface area (Å²) in [5.74, 6) is 1.07. The maximum Gasteiger partial charge on any atom is 0.273 e. The zero-order valence-corrected chi connectivity index (χ0v) is 14.0. The van der Waals surface area contributed by atoms with Crippen LogP contribution in [0.25, 0.3) is 0 Å². The van der Waals surface area contributed by atoms with E-state index in [1.807, 2.05) is 31.2 Å². The summed E-state index contributed by atoms with van der Waals surface area (Å²) in [7, 11) is 0. The Morgan fingerprint density at radius 1 is 1.33 bits per heavy atom. The molecule has 0 saturated carbocycles. The van der Waals surface area contributed by atoms with Crippen molar-refractivity contribution in [1.82, 2.24) is 10.5 Å². The highest BCUT2D eigenvalue weighted by molar-refractivity contribution is 5.93. The fraction of sp³-hybridized carbons (Fsp3) is 0.444. The van der Waals surface area contributed by atoms with Crippen LogP contribution in [-0.2, 0) is 11.3 Å². The fourth-order valence-electron chi connectivity index (χ4n) is 2.63. The molecule has 2 heterocycles. The van der Waals surface area contributed by atoms with Crippen LogP contribution in [0.15, 0.2) is 28.8 Å². The highest BCUT2D eigenvalue weighted by Crippen LogP contribution is 2.18. The minimum absolute atomic E-state index is 0.0919. The average Bonchev–Trinajstić information content (AvgIpc) is 3.22. The number of hydrogen-bond donors (Lipinski definition) is 1. The number of hydrogen-bond acceptors (Lipinski definition) is 5. The Labute approximate surface area is 141 Å². The summed E-state index contributed by atoms with van der Waals surface area (Å²) in [4.78, 5) is 12.3. The SMILES string of the molecule is Cc1ccc(OCc2c(C(=O)NCC3CCCO3)noc2C)cc1. The Hall–Kier alpha value is -2.34. The van der Waals surface area contributed by atoms with Crippen LogP contribution in [0.2, 0.25) is 0 Å². The van der Waals surface area contributed by atoms with E-state index in [2.05, 4.69) is 10.5 Å². The van der Waals surface area contributed by atoms with Crippen molar-refractivity contribution in [2.24, 2.45) is 0 Å². The molecule has 1 amide bonds. The molecule has 6 nitrogen and oxygen atoms in total. The van der Waals surface area contributed by atoms with Gasteiger partial charge < -0.3 is 19.3 Å². The smallest absolute Gasteiger partial charge is 0.273 e. The van der Waals surface area contributed by atoms with Gasteiger partial charge in [-0.1, -0.05) is 22.9 Å². The van der Waals surface area contributed by atoms with Gasteiger partial charge in [0.25, 0.3) is 5.91 Å². The highest BCUT2D eigenvalue weighted by Gasteiger charge is 2.22. The number of nitrogens with zero attached hydrogens (tertiary/aromatic N) is 1. The Balaban J connectivity index is 1.61. The third kappa shape index (κ3) is 3.94. The molecule has 0 spiro atoms. The first-order valence-electron chi connectivity index (χ1n) is 8.18. The average molecular weight is 330 g/mol. The molecule has 1 saturated heterocycles. The van der Waals surface area contributed by atoms with E-state index in [0.717, 1.165) is 30.8 Å². The van der Waals surface area contributed by atoms with Gasteiger partial charge in [-0.15, -0.1) is 0 Å². The molecule has 1 aliphatic rings. The minimum atomic E-state index is -0.259. The zero-order chi connectivity index (χ0) is 16.9. The van der Waals surface area contributed by atoms with Gasteiger partial charge in [0.1, 0.15) is 18.1 Å². The molecule has 6 heteroatoms. The van der Waals surface area contributed by atoms with E-state index in [1.54, 1.807) is 6.92 Å². The predicted octanol–water partition coefficient (Wildman–Crippen LogP) is 2.78. The summed E-state index contributed by atoms with van der Waals surface area (Å²) in [6.45, 7) is 5.28. The van der Waals surface area contributed by atoms with Crippen LogP contribution in [0.4, 0.5) is 0 Å². The van der Waals surface area contributed by atoms with E-state index in [4.69, 9.17) is 14.0 Å². The van der Waals surface area contributed by atoms with Gasteiger partial charge in [-0.3, -0.25) is 4.79 Å². The van der Waals surface area contributed by atoms with Gasteiger partial charge in [0.05, 0.1) is 11.7 Å². The van der Waals surface area contributed by atoms with Gasteiger partial charge in [0, 0.05) is 13.2 Å². The van der Waals surface area contributed by atoms with Crippen molar-refractivity contribution in [2.75, 3.05) is 13.2 Å². The van der Waals surface area contributed by atoms with Crippen molar-refractivity contribution < 1.29 is 18.8 Å². The number of aryl methyl sites for hydroxylation is 2. The summed E-state index contributed by atoms with van der Waals surface area (Å²) in [6.07, 6.45) is 2.11. The summed E-state index contributed by atoms with van der Waals surface area (Å²) in [5.41, 5.74) is 2.11. The lowest BCUT2D eigenvalue weighted by Gasteiger charge is -2.10. The number of carbonyl (C=O) groups is 1. The molecule has 0 bridgehead atoms. The van der Waals surface area contributed by atoms with E-state index < -0.39 is 0 Å². The van der Waals surface area contributed by atoms with Gasteiger partial charge in [-0.2, -0.15) is 0 Å². The molecule has 1 aromatic carbocycles. The molecule has 1 aliphatic heterocycles. The molecule has 24 heavy (non-hydrogen) atoms. The summed E-state index contributed by atoms with van der Waals surface area (Å²) in [5, 5.41) is 6.74. The Morgan fingerprint density at radius 2 is 2.12 bits per heavy atom. The largest absolute Gasteiger partial charge is 0.489 e. The van der Waals surface area contributed by atoms with Gasteiger partial charge >= 0.3 is 0 Å². The van der Waals surface area contributed by atoms with E-state index in [-0.39, 0.29) is 24.3 Å². The van der Waals surface area contributed by atoms with Crippen molar-refractivity contribution in [3.05, 3.63) is 46.8 Å². The second kappa shape index (κ2) is 7.49. The van der Waals surface area contributed by atoms with Gasteiger partial charge in [0.15, 0.2) is 5.69 Å². The summed E-state index contributed by atoms with van der Waals surface area (Å²) in [6, 6.07) is 7.75. The van der Waals surface area contributed by atoms with Crippen molar-refractivity contribution in [2.45, 2.75) is 39.4 Å². The van der Waals surface area contributed by atoms with E-state index in [0.29, 0.717) is 17.9 Å². The second-order valence-corrected chi connectivity index (χ2v) is 6.01. The lowest BCUT2D eigenvalue weighted by atomic mass is 10.2. The molecule has 3 rings (SSSR count). The number of rotatable bonds is 6. The summed E-state index contributed by atoms with van der Waals surface area (Å²) >= 11 is 0. The molecule has 2 aromatic rings. The number of benzene rings is 1. The Morgan fingerprint density at radius 3 is 2.83 bits per heavy atom. The number of aromatic nitrogens is 1. The lowest BCUT2D eigenvalue weighted by Crippen LogP contribution is -2.32. The standard InChI is InChI=1S/C18H22N2O4/c1-12-5-7-14(8-6-12)23-11-16-13(2)24-20-17(16)18(21)19-10-15-4-3-9-22-15/h5-8,15H,3-4,9-11H2,1-2H3,(H,19,21). The number of ether oxygens (including phenoxy) is 2. The van der Waals surface area contributed by atoms with Crippen LogP contribution in [0.3, 0.4) is 0 Å². The van der Waals surface area contributed by atoms with E-state index >= 15 is 0 Å². The van der Waals surface area contributed by atoms with Crippen molar-refractivity contribution in [3.8, 4) is 5.75 Å². The monoisotopic (exact) mass is 330 g/mol. The molecule has 1 unspecified atom stereocenters. The van der Waals surface area contributed by atoms with Crippen molar-refractivity contribution in [1.29, 1.82) is 0 Å². The molecular weight excluding hydrogens is 308 g/mol. The molecule has 128 valence electrons. The number of amides is 1. The van der Waals surface area contributed by atoms with Gasteiger partial charge in [-0.25, -0.2) is 0 Å². The number of carbonyl (C=O) groups excluding carboxylic acids is 1. The van der Waals surface area contributed by atoms with Gasteiger partial charge in [-0.05, 0) is 38.8 Å². The Bertz CT molecular complexity index is 688. The second-order valence-electron chi connectivity index (χ2n) is 6.01. The number of nitrogens with one attached hydrogen (secondary N) is 1. The first kappa shape index (κ1) is 16.5. The minimum Gasteiger partial charge on any atom is -0.489 e. The van der Waals surface area contributed by atoms with Crippen LogP contribution >= 0.6 is 0 Å². The van der Waals surface area contributed by atoms with Crippen LogP contribution < -0.4 is 10.1 Å². The maximum absolute atomic E-state index is 12.3. The first-order chi connectivity index (χ1) is 11.6. The maximum atomic E-state index is 12.3. The normalized spacial score (nSPS) is 17.0. The first-order valence-corrected chi connectivity index (χ1v) is 8.18. The molecule has 0 aliphatic carbocycles. The van der Waals surface area contributed by atoms with E-state index in [9.17, 15) is 4.79 Å². The third-order valence-corrected chi connectivity index (χ3v) is 4.12. The van der Waals surface area contributed by atoms with Crippen LogP contribution in [0.1, 0.15) is 40.2 Å². The quantitative estimate of drug-likeness (QED) is 0.881.